The van der Waals surface area contributed by atoms with Crippen molar-refractivity contribution in [1.29, 1.82) is 0 Å². The van der Waals surface area contributed by atoms with Gasteiger partial charge >= 0.3 is 0 Å². The predicted octanol–water partition coefficient (Wildman–Crippen LogP) is 1.57. The van der Waals surface area contributed by atoms with Crippen LogP contribution in [0.1, 0.15) is 25.7 Å². The first-order valence-electron chi connectivity index (χ1n) is 4.53. The highest BCUT2D eigenvalue weighted by atomic mass is 32.1. The van der Waals surface area contributed by atoms with Crippen molar-refractivity contribution >= 4 is 23.0 Å². The van der Waals surface area contributed by atoms with Crippen molar-refractivity contribution < 1.29 is 0 Å². The summed E-state index contributed by atoms with van der Waals surface area (Å²) in [7, 11) is 0. The normalized spacial score (nSPS) is 15.2. The lowest BCUT2D eigenvalue weighted by Crippen LogP contribution is -2.32. The summed E-state index contributed by atoms with van der Waals surface area (Å²) in [6.45, 7) is 4.26. The molecule has 0 heterocycles. The number of hydrogen-bond donors (Lipinski definition) is 2. The highest BCUT2D eigenvalue weighted by Crippen LogP contribution is 2.13. The van der Waals surface area contributed by atoms with Gasteiger partial charge in [-0.1, -0.05) is 6.08 Å². The van der Waals surface area contributed by atoms with Crippen molar-refractivity contribution in [3.05, 3.63) is 12.7 Å². The first-order chi connectivity index (χ1) is 6.33. The molecule has 1 fully saturated rings. The fraction of sp³-hybridized carbons (Fsp3) is 0.556. The molecule has 0 saturated heterocycles. The lowest BCUT2D eigenvalue weighted by Gasteiger charge is -2.04. The minimum absolute atomic E-state index is 0.569. The average Bonchev–Trinajstić information content (AvgIpc) is 2.64. The fourth-order valence-electron chi connectivity index (χ4n) is 1.23. The van der Waals surface area contributed by atoms with Crippen LogP contribution in [0.5, 0.6) is 0 Å². The standard InChI is InChI=1S/C9H15N3S/c1-2-7-10-9(13)12-11-8-5-3-4-6-8/h2H,1,3-7H2,(H2,10,12,13). The van der Waals surface area contributed by atoms with Gasteiger partial charge in [-0.3, -0.25) is 5.43 Å². The molecular weight excluding hydrogens is 182 g/mol. The molecule has 1 aliphatic rings. The molecule has 1 rings (SSSR count). The van der Waals surface area contributed by atoms with E-state index in [1.807, 2.05) is 0 Å². The number of nitrogens with zero attached hydrogens (tertiary/aromatic N) is 1. The Hall–Kier alpha value is -0.900. The molecule has 0 spiro atoms. The van der Waals surface area contributed by atoms with Crippen LogP contribution in [0.25, 0.3) is 0 Å². The van der Waals surface area contributed by atoms with Gasteiger partial charge in [-0.2, -0.15) is 5.10 Å². The average molecular weight is 197 g/mol. The van der Waals surface area contributed by atoms with Crippen LogP contribution in [-0.4, -0.2) is 17.4 Å². The summed E-state index contributed by atoms with van der Waals surface area (Å²) in [5, 5.41) is 7.72. The SMILES string of the molecule is C=CCNC(=S)NN=C1CCCC1. The van der Waals surface area contributed by atoms with Gasteiger partial charge in [-0.05, 0) is 37.9 Å². The fourth-order valence-corrected chi connectivity index (χ4v) is 1.36. The highest BCUT2D eigenvalue weighted by molar-refractivity contribution is 7.80. The number of thiocarbonyl (C=S) groups is 1. The topological polar surface area (TPSA) is 36.4 Å². The molecule has 0 bridgehead atoms. The minimum Gasteiger partial charge on any atom is -0.358 e. The Balaban J connectivity index is 2.20. The summed E-state index contributed by atoms with van der Waals surface area (Å²) >= 11 is 4.98. The molecule has 72 valence electrons. The van der Waals surface area contributed by atoms with Crippen LogP contribution in [0.2, 0.25) is 0 Å². The summed E-state index contributed by atoms with van der Waals surface area (Å²) in [6, 6.07) is 0. The van der Waals surface area contributed by atoms with Crippen LogP contribution < -0.4 is 10.7 Å². The third-order valence-electron chi connectivity index (χ3n) is 1.90. The lowest BCUT2D eigenvalue weighted by atomic mass is 10.3. The van der Waals surface area contributed by atoms with E-state index in [1.54, 1.807) is 6.08 Å². The molecule has 3 nitrogen and oxygen atoms in total. The van der Waals surface area contributed by atoms with E-state index < -0.39 is 0 Å². The lowest BCUT2D eigenvalue weighted by molar-refractivity contribution is 0.886. The Bertz CT molecular complexity index is 215. The summed E-state index contributed by atoms with van der Waals surface area (Å²) in [4.78, 5) is 0. The third-order valence-corrected chi connectivity index (χ3v) is 2.14. The second-order valence-electron chi connectivity index (χ2n) is 3.00. The van der Waals surface area contributed by atoms with E-state index in [1.165, 1.54) is 18.6 Å². The molecule has 0 amide bonds. The van der Waals surface area contributed by atoms with E-state index in [4.69, 9.17) is 12.2 Å². The molecule has 13 heavy (non-hydrogen) atoms. The van der Waals surface area contributed by atoms with Gasteiger partial charge in [0.2, 0.25) is 0 Å². The summed E-state index contributed by atoms with van der Waals surface area (Å²) in [5.41, 5.74) is 4.04. The number of hydrogen-bond acceptors (Lipinski definition) is 2. The zero-order valence-corrected chi connectivity index (χ0v) is 8.49. The van der Waals surface area contributed by atoms with Crippen molar-refractivity contribution in [2.75, 3.05) is 6.54 Å². The van der Waals surface area contributed by atoms with Gasteiger partial charge in [0.05, 0.1) is 0 Å². The van der Waals surface area contributed by atoms with Gasteiger partial charge < -0.3 is 5.32 Å². The quantitative estimate of drug-likeness (QED) is 0.409. The highest BCUT2D eigenvalue weighted by Gasteiger charge is 2.07. The van der Waals surface area contributed by atoms with Crippen molar-refractivity contribution in [2.45, 2.75) is 25.7 Å². The second kappa shape index (κ2) is 5.70. The summed E-state index contributed by atoms with van der Waals surface area (Å²) in [5.74, 6) is 0. The molecule has 0 radical (unpaired) electrons. The van der Waals surface area contributed by atoms with E-state index in [9.17, 15) is 0 Å². The van der Waals surface area contributed by atoms with E-state index in [0.717, 1.165) is 12.8 Å². The Kier molecular flexibility index (Phi) is 4.46. The molecule has 0 unspecified atom stereocenters. The van der Waals surface area contributed by atoms with Crippen LogP contribution in [0.15, 0.2) is 17.8 Å². The maximum Gasteiger partial charge on any atom is 0.187 e. The van der Waals surface area contributed by atoms with E-state index in [-0.39, 0.29) is 0 Å². The molecular formula is C9H15N3S. The van der Waals surface area contributed by atoms with E-state index >= 15 is 0 Å². The molecule has 0 aromatic carbocycles. The summed E-state index contributed by atoms with van der Waals surface area (Å²) < 4.78 is 0. The molecule has 0 aromatic rings. The number of hydrazone groups is 1. The molecule has 2 N–H and O–H groups in total. The van der Waals surface area contributed by atoms with Crippen LogP contribution in [0, 0.1) is 0 Å². The molecule has 0 aromatic heterocycles. The largest absolute Gasteiger partial charge is 0.358 e. The van der Waals surface area contributed by atoms with Gasteiger partial charge in [-0.15, -0.1) is 6.58 Å². The number of rotatable bonds is 3. The van der Waals surface area contributed by atoms with E-state index in [2.05, 4.69) is 22.4 Å². The van der Waals surface area contributed by atoms with Crippen LogP contribution >= 0.6 is 12.2 Å². The maximum absolute atomic E-state index is 4.98. The molecule has 1 saturated carbocycles. The molecule has 1 aliphatic carbocycles. The van der Waals surface area contributed by atoms with Gasteiger partial charge in [0.25, 0.3) is 0 Å². The Morgan fingerprint density at radius 1 is 1.54 bits per heavy atom. The van der Waals surface area contributed by atoms with Gasteiger partial charge in [0, 0.05) is 12.3 Å². The van der Waals surface area contributed by atoms with Crippen LogP contribution in [0.4, 0.5) is 0 Å². The first kappa shape index (κ1) is 10.2. The smallest absolute Gasteiger partial charge is 0.187 e. The van der Waals surface area contributed by atoms with Gasteiger partial charge in [0.15, 0.2) is 5.11 Å². The van der Waals surface area contributed by atoms with E-state index in [0.29, 0.717) is 11.7 Å². The monoisotopic (exact) mass is 197 g/mol. The molecule has 0 aliphatic heterocycles. The van der Waals surface area contributed by atoms with Gasteiger partial charge in [-0.25, -0.2) is 0 Å². The van der Waals surface area contributed by atoms with Gasteiger partial charge in [0.1, 0.15) is 0 Å². The minimum atomic E-state index is 0.569. The Labute approximate surface area is 84.3 Å². The maximum atomic E-state index is 4.98. The molecule has 0 atom stereocenters. The first-order valence-corrected chi connectivity index (χ1v) is 4.94. The second-order valence-corrected chi connectivity index (χ2v) is 3.40. The molecule has 4 heteroatoms. The Morgan fingerprint density at radius 2 is 2.23 bits per heavy atom. The third kappa shape index (κ3) is 4.03. The van der Waals surface area contributed by atoms with Crippen molar-refractivity contribution in [1.82, 2.24) is 10.7 Å². The number of nitrogens with one attached hydrogen (secondary N) is 2. The zero-order chi connectivity index (χ0) is 9.52. The summed E-state index contributed by atoms with van der Waals surface area (Å²) in [6.07, 6.45) is 6.49. The Morgan fingerprint density at radius 3 is 2.85 bits per heavy atom. The predicted molar refractivity (Wildman–Crippen MR) is 59.8 cm³/mol. The van der Waals surface area contributed by atoms with Crippen molar-refractivity contribution in [2.24, 2.45) is 5.10 Å². The van der Waals surface area contributed by atoms with Crippen molar-refractivity contribution in [3.63, 3.8) is 0 Å². The van der Waals surface area contributed by atoms with Crippen LogP contribution in [-0.2, 0) is 0 Å². The zero-order valence-electron chi connectivity index (χ0n) is 7.68. The van der Waals surface area contributed by atoms with Crippen LogP contribution in [0.3, 0.4) is 0 Å². The van der Waals surface area contributed by atoms with Crippen molar-refractivity contribution in [3.8, 4) is 0 Å².